The van der Waals surface area contributed by atoms with Gasteiger partial charge in [0, 0.05) is 6.20 Å². The van der Waals surface area contributed by atoms with Crippen LogP contribution in [0.25, 0.3) is 11.2 Å². The van der Waals surface area contributed by atoms with Gasteiger partial charge in [-0.25, -0.2) is 24.7 Å². The van der Waals surface area contributed by atoms with E-state index in [1.165, 1.54) is 47.6 Å². The van der Waals surface area contributed by atoms with E-state index in [2.05, 4.69) is 49.8 Å². The summed E-state index contributed by atoms with van der Waals surface area (Å²) in [5, 5.41) is 20.6. The molecule has 15 nitrogen and oxygen atoms in total. The number of aliphatic hydroxyl groups excluding tert-OH is 2. The molecule has 3 aromatic heterocycles. The summed E-state index contributed by atoms with van der Waals surface area (Å²) in [6.07, 6.45) is -2.04. The number of ether oxygens (including phenoxy) is 1. The van der Waals surface area contributed by atoms with Crippen LogP contribution < -0.4 is 10.5 Å². The highest BCUT2D eigenvalue weighted by Gasteiger charge is 2.45. The van der Waals surface area contributed by atoms with Crippen molar-refractivity contribution in [2.24, 2.45) is 0 Å². The fourth-order valence-electron chi connectivity index (χ4n) is 3.73. The SMILES string of the molecule is CCN(CC)CC.Nc1ncnc2c1ncn2[C@@H]1O[C@H](COS(=O)(=O)NC(=O)c2cccnc2F)[C@@H](O)[C@H]1O. The molecule has 39 heavy (non-hydrogen) atoms. The predicted octanol–water partition coefficient (Wildman–Crippen LogP) is -0.399. The number of amides is 1. The molecule has 0 aliphatic carbocycles. The van der Waals surface area contributed by atoms with Gasteiger partial charge in [0.2, 0.25) is 5.95 Å². The molecule has 0 radical (unpaired) electrons. The topological polar surface area (TPSA) is 208 Å². The van der Waals surface area contributed by atoms with Crippen LogP contribution in [0.1, 0.15) is 37.4 Å². The van der Waals surface area contributed by atoms with E-state index in [0.717, 1.165) is 12.3 Å². The van der Waals surface area contributed by atoms with Gasteiger partial charge >= 0.3 is 10.3 Å². The van der Waals surface area contributed by atoms with Crippen LogP contribution in [0.15, 0.2) is 31.0 Å². The summed E-state index contributed by atoms with van der Waals surface area (Å²) in [4.78, 5) is 29.4. The van der Waals surface area contributed by atoms with Gasteiger partial charge in [0.05, 0.1) is 18.5 Å². The number of hydrogen-bond donors (Lipinski definition) is 4. The third kappa shape index (κ3) is 7.20. The largest absolute Gasteiger partial charge is 0.387 e. The number of pyridine rings is 1. The average Bonchev–Trinajstić information content (AvgIpc) is 3.46. The van der Waals surface area contributed by atoms with E-state index in [1.807, 2.05) is 0 Å². The number of carbonyl (C=O) groups is 1. The second-order valence-electron chi connectivity index (χ2n) is 8.26. The maximum atomic E-state index is 13.5. The van der Waals surface area contributed by atoms with E-state index < -0.39 is 58.9 Å². The summed E-state index contributed by atoms with van der Waals surface area (Å²) in [6, 6.07) is 2.28. The second-order valence-corrected chi connectivity index (χ2v) is 9.61. The summed E-state index contributed by atoms with van der Waals surface area (Å²) in [5.41, 5.74) is 5.56. The molecule has 0 bridgehead atoms. The first-order chi connectivity index (χ1) is 18.5. The number of nitrogens with one attached hydrogen (secondary N) is 1. The molecule has 0 aromatic carbocycles. The van der Waals surface area contributed by atoms with Gasteiger partial charge in [-0.1, -0.05) is 20.8 Å². The standard InChI is InChI=1S/C16H16FN7O7S.C6H15N/c17-12-7(2-1-3-19-12)15(27)23-32(28,29)30-4-8-10(25)11(26)16(31-8)24-6-22-9-13(18)20-5-21-14(9)24;1-4-7(5-2)6-3/h1-3,5-6,8,10-11,16,25-26H,4H2,(H,23,27)(H2,18,20,21);4-6H2,1-3H3/t8-,10-,11-,16-;/m1./s1. The van der Waals surface area contributed by atoms with Gasteiger partial charge in [0.1, 0.15) is 30.2 Å². The molecule has 5 N–H and O–H groups in total. The van der Waals surface area contributed by atoms with Crippen LogP contribution in [0.4, 0.5) is 10.2 Å². The zero-order valence-corrected chi connectivity index (χ0v) is 22.3. The Hall–Kier alpha value is -3.35. The number of aromatic nitrogens is 5. The Morgan fingerprint density at radius 1 is 1.18 bits per heavy atom. The van der Waals surface area contributed by atoms with E-state index in [9.17, 15) is 27.8 Å². The van der Waals surface area contributed by atoms with Crippen molar-refractivity contribution in [2.75, 3.05) is 32.0 Å². The maximum absolute atomic E-state index is 13.5. The molecule has 1 fully saturated rings. The third-order valence-corrected chi connectivity index (χ3v) is 6.83. The van der Waals surface area contributed by atoms with Crippen molar-refractivity contribution in [1.29, 1.82) is 0 Å². The molecule has 4 atom stereocenters. The van der Waals surface area contributed by atoms with E-state index in [1.54, 1.807) is 0 Å². The first-order valence-corrected chi connectivity index (χ1v) is 13.4. The molecular weight excluding hydrogens is 539 g/mol. The zero-order chi connectivity index (χ0) is 28.7. The molecule has 17 heteroatoms. The number of anilines is 1. The lowest BCUT2D eigenvalue weighted by Gasteiger charge is -2.16. The fourth-order valence-corrected chi connectivity index (χ4v) is 4.44. The minimum absolute atomic E-state index is 0.0913. The van der Waals surface area contributed by atoms with Crippen molar-refractivity contribution in [3.05, 3.63) is 42.5 Å². The van der Waals surface area contributed by atoms with Crippen LogP contribution in [-0.4, -0.2) is 98.5 Å². The lowest BCUT2D eigenvalue weighted by Crippen LogP contribution is -2.38. The van der Waals surface area contributed by atoms with E-state index in [4.69, 9.17) is 10.5 Å². The number of aliphatic hydroxyl groups is 2. The van der Waals surface area contributed by atoms with Crippen LogP contribution in [0.2, 0.25) is 0 Å². The number of rotatable bonds is 9. The smallest absolute Gasteiger partial charge is 0.362 e. The zero-order valence-electron chi connectivity index (χ0n) is 21.5. The van der Waals surface area contributed by atoms with Crippen molar-refractivity contribution in [1.82, 2.24) is 34.1 Å². The Bertz CT molecular complexity index is 1370. The number of nitrogens with two attached hydrogens (primary N) is 1. The molecule has 1 aliphatic heterocycles. The summed E-state index contributed by atoms with van der Waals surface area (Å²) in [6.45, 7) is 9.36. The van der Waals surface area contributed by atoms with Gasteiger partial charge in [-0.15, -0.1) is 0 Å². The monoisotopic (exact) mass is 570 g/mol. The lowest BCUT2D eigenvalue weighted by molar-refractivity contribution is -0.0468. The highest BCUT2D eigenvalue weighted by atomic mass is 32.2. The van der Waals surface area contributed by atoms with E-state index in [-0.39, 0.29) is 17.0 Å². The van der Waals surface area contributed by atoms with Crippen molar-refractivity contribution in [3.63, 3.8) is 0 Å². The van der Waals surface area contributed by atoms with Gasteiger partial charge in [-0.3, -0.25) is 13.5 Å². The van der Waals surface area contributed by atoms with E-state index in [0.29, 0.717) is 0 Å². The molecule has 4 rings (SSSR count). The van der Waals surface area contributed by atoms with Crippen LogP contribution in [-0.2, 0) is 19.2 Å². The molecule has 0 saturated carbocycles. The molecule has 0 unspecified atom stereocenters. The number of carbonyl (C=O) groups excluding carboxylic acids is 1. The van der Waals surface area contributed by atoms with Gasteiger partial charge in [-0.05, 0) is 31.8 Å². The Kier molecular flexibility index (Phi) is 10.2. The van der Waals surface area contributed by atoms with Crippen molar-refractivity contribution >= 4 is 33.2 Å². The Morgan fingerprint density at radius 3 is 2.49 bits per heavy atom. The number of hydrogen-bond acceptors (Lipinski definition) is 13. The van der Waals surface area contributed by atoms with Gasteiger partial charge in [0.15, 0.2) is 17.7 Å². The molecular formula is C22H31FN8O7S. The molecule has 214 valence electrons. The molecule has 1 amide bonds. The van der Waals surface area contributed by atoms with Crippen molar-refractivity contribution < 1.29 is 36.7 Å². The summed E-state index contributed by atoms with van der Waals surface area (Å²) in [5.74, 6) is -2.38. The van der Waals surface area contributed by atoms with Crippen molar-refractivity contribution in [2.45, 2.75) is 45.3 Å². The van der Waals surface area contributed by atoms with Crippen LogP contribution in [0.5, 0.6) is 0 Å². The quantitative estimate of drug-likeness (QED) is 0.242. The molecule has 0 spiro atoms. The summed E-state index contributed by atoms with van der Waals surface area (Å²) < 4.78 is 50.7. The number of imidazole rings is 1. The number of nitrogen functional groups attached to an aromatic ring is 1. The highest BCUT2D eigenvalue weighted by molar-refractivity contribution is 7.85. The van der Waals surface area contributed by atoms with E-state index >= 15 is 0 Å². The Morgan fingerprint density at radius 2 is 1.87 bits per heavy atom. The molecule has 1 saturated heterocycles. The van der Waals surface area contributed by atoms with Gasteiger partial charge < -0.3 is 25.6 Å². The minimum atomic E-state index is -4.71. The fraction of sp³-hybridized carbons (Fsp3) is 0.500. The van der Waals surface area contributed by atoms with Crippen molar-refractivity contribution in [3.8, 4) is 0 Å². The number of fused-ring (bicyclic) bond motifs is 1. The molecule has 1 aliphatic rings. The highest BCUT2D eigenvalue weighted by Crippen LogP contribution is 2.32. The summed E-state index contributed by atoms with van der Waals surface area (Å²) >= 11 is 0. The first-order valence-electron chi connectivity index (χ1n) is 12.0. The van der Waals surface area contributed by atoms with Crippen LogP contribution in [0, 0.1) is 5.95 Å². The first kappa shape index (κ1) is 30.2. The normalized spacial score (nSPS) is 21.1. The number of halogens is 1. The average molecular weight is 571 g/mol. The van der Waals surface area contributed by atoms with Gasteiger partial charge in [-0.2, -0.15) is 12.8 Å². The third-order valence-electron chi connectivity index (χ3n) is 5.95. The second kappa shape index (κ2) is 13.1. The van der Waals surface area contributed by atoms with Gasteiger partial charge in [0.25, 0.3) is 5.91 Å². The Labute approximate surface area is 224 Å². The molecule has 4 heterocycles. The van der Waals surface area contributed by atoms with Crippen LogP contribution in [0.3, 0.4) is 0 Å². The Balaban J connectivity index is 0.000000532. The maximum Gasteiger partial charge on any atom is 0.362 e. The summed E-state index contributed by atoms with van der Waals surface area (Å²) in [7, 11) is -4.71. The predicted molar refractivity (Wildman–Crippen MR) is 136 cm³/mol. The number of nitrogens with zero attached hydrogens (tertiary/aromatic N) is 6. The lowest BCUT2D eigenvalue weighted by atomic mass is 10.1. The minimum Gasteiger partial charge on any atom is -0.387 e. The van der Waals surface area contributed by atoms with Crippen LogP contribution >= 0.6 is 0 Å². The molecule has 3 aromatic rings.